The van der Waals surface area contributed by atoms with Crippen molar-refractivity contribution in [1.82, 2.24) is 4.90 Å². The van der Waals surface area contributed by atoms with Crippen molar-refractivity contribution >= 4 is 23.5 Å². The third-order valence-electron chi connectivity index (χ3n) is 6.58. The Labute approximate surface area is 220 Å². The van der Waals surface area contributed by atoms with Gasteiger partial charge in [0, 0.05) is 24.3 Å². The van der Waals surface area contributed by atoms with E-state index in [0.29, 0.717) is 30.8 Å². The standard InChI is InChI=1S/C29H26N2O4.BrH/c1-35-17-16-30-25(15-14-20-10-7-11-22(32)18-20)31(19-21-8-3-2-4-9-21)27-26(30)28(33)23-12-5-6-13-24(23)29(27)34;/h2-15,18,26-27H,16-17,19H2,1H3;1H/b15-14+;. The van der Waals surface area contributed by atoms with E-state index in [0.717, 1.165) is 17.0 Å². The number of rotatable bonds is 7. The number of phenolic OH excluding ortho intramolecular Hbond substituents is 1. The zero-order valence-electron chi connectivity index (χ0n) is 19.9. The number of benzene rings is 3. The van der Waals surface area contributed by atoms with Gasteiger partial charge in [-0.2, -0.15) is 0 Å². The van der Waals surface area contributed by atoms with Crippen molar-refractivity contribution in [3.05, 3.63) is 107 Å². The highest BCUT2D eigenvalue weighted by molar-refractivity contribution is 6.20. The number of methoxy groups -OCH3 is 1. The fourth-order valence-corrected chi connectivity index (χ4v) is 4.99. The first-order valence-corrected chi connectivity index (χ1v) is 11.7. The summed E-state index contributed by atoms with van der Waals surface area (Å²) in [6, 6.07) is 22.7. The molecule has 2 atom stereocenters. The molecule has 184 valence electrons. The highest BCUT2D eigenvalue weighted by atomic mass is 79.9. The van der Waals surface area contributed by atoms with E-state index >= 15 is 0 Å². The number of amidine groups is 1. The predicted octanol–water partition coefficient (Wildman–Crippen LogP) is 0.799. The second-order valence-corrected chi connectivity index (χ2v) is 8.75. The third-order valence-corrected chi connectivity index (χ3v) is 6.58. The Morgan fingerprint density at radius 3 is 2.31 bits per heavy atom. The lowest BCUT2D eigenvalue weighted by Crippen LogP contribution is -3.00. The summed E-state index contributed by atoms with van der Waals surface area (Å²) in [7, 11) is 1.63. The molecule has 1 N–H and O–H groups in total. The first-order valence-electron chi connectivity index (χ1n) is 11.7. The van der Waals surface area contributed by atoms with Crippen molar-refractivity contribution in [2.24, 2.45) is 0 Å². The van der Waals surface area contributed by atoms with Gasteiger partial charge in [0.25, 0.3) is 5.84 Å². The van der Waals surface area contributed by atoms with Gasteiger partial charge in [0.1, 0.15) is 18.8 Å². The van der Waals surface area contributed by atoms with E-state index in [-0.39, 0.29) is 34.3 Å². The molecule has 3 aromatic carbocycles. The first-order chi connectivity index (χ1) is 17.1. The summed E-state index contributed by atoms with van der Waals surface area (Å²) >= 11 is 0. The molecule has 1 heterocycles. The second kappa shape index (κ2) is 11.0. The van der Waals surface area contributed by atoms with Gasteiger partial charge < -0.3 is 26.8 Å². The number of fused-ring (bicyclic) bond motifs is 2. The van der Waals surface area contributed by atoms with Crippen LogP contribution in [0.3, 0.4) is 0 Å². The Morgan fingerprint density at radius 2 is 1.61 bits per heavy atom. The van der Waals surface area contributed by atoms with Crippen molar-refractivity contribution in [2.75, 3.05) is 20.3 Å². The molecule has 3 aromatic rings. The van der Waals surface area contributed by atoms with E-state index in [1.807, 2.05) is 58.0 Å². The number of nitrogens with zero attached hydrogens (tertiary/aromatic N) is 2. The van der Waals surface area contributed by atoms with Gasteiger partial charge >= 0.3 is 0 Å². The number of carbonyl (C=O) groups is 2. The smallest absolute Gasteiger partial charge is 0.273 e. The molecular weight excluding hydrogens is 520 g/mol. The van der Waals surface area contributed by atoms with Gasteiger partial charge in [-0.25, -0.2) is 9.48 Å². The zero-order valence-corrected chi connectivity index (χ0v) is 21.5. The van der Waals surface area contributed by atoms with Crippen LogP contribution in [0.15, 0.2) is 84.9 Å². The number of carbonyl (C=O) groups excluding carboxylic acids is 2. The Bertz CT molecular complexity index is 1340. The zero-order chi connectivity index (χ0) is 24.4. The van der Waals surface area contributed by atoms with Crippen LogP contribution in [0.25, 0.3) is 6.08 Å². The molecule has 0 saturated heterocycles. The second-order valence-electron chi connectivity index (χ2n) is 8.75. The van der Waals surface area contributed by atoms with Crippen LogP contribution in [0.5, 0.6) is 5.75 Å². The molecule has 2 aliphatic rings. The fourth-order valence-electron chi connectivity index (χ4n) is 4.99. The van der Waals surface area contributed by atoms with E-state index in [4.69, 9.17) is 4.74 Å². The molecular formula is C29H27BrN2O4. The van der Waals surface area contributed by atoms with E-state index in [1.165, 1.54) is 0 Å². The van der Waals surface area contributed by atoms with E-state index in [9.17, 15) is 14.7 Å². The molecule has 0 saturated carbocycles. The number of phenols is 1. The maximum absolute atomic E-state index is 13.8. The van der Waals surface area contributed by atoms with Gasteiger partial charge in [-0.15, -0.1) is 0 Å². The summed E-state index contributed by atoms with van der Waals surface area (Å²) < 4.78 is 7.40. The summed E-state index contributed by atoms with van der Waals surface area (Å²) in [6.07, 6.45) is 3.82. The van der Waals surface area contributed by atoms with Gasteiger partial charge in [0.2, 0.25) is 23.7 Å². The molecule has 7 heteroatoms. The van der Waals surface area contributed by atoms with Crippen molar-refractivity contribution in [3.63, 3.8) is 0 Å². The monoisotopic (exact) mass is 546 g/mol. The number of hydrogen-bond acceptors (Lipinski definition) is 5. The number of ether oxygens (including phenoxy) is 1. The van der Waals surface area contributed by atoms with Crippen molar-refractivity contribution in [2.45, 2.75) is 18.6 Å². The number of aromatic hydroxyl groups is 1. The lowest BCUT2D eigenvalue weighted by Gasteiger charge is -2.27. The number of hydrogen-bond donors (Lipinski definition) is 1. The normalized spacial score (nSPS) is 18.9. The number of Topliss-reactive ketones (excluding diaryl/α,β-unsaturated/α-hetero) is 2. The summed E-state index contributed by atoms with van der Waals surface area (Å²) in [5.74, 6) is 0.846. The third kappa shape index (κ3) is 4.76. The largest absolute Gasteiger partial charge is 1.00 e. The van der Waals surface area contributed by atoms with Crippen LogP contribution < -0.4 is 17.0 Å². The summed E-state index contributed by atoms with van der Waals surface area (Å²) in [5, 5.41) is 9.89. The minimum Gasteiger partial charge on any atom is -1.00 e. The molecule has 1 aliphatic carbocycles. The van der Waals surface area contributed by atoms with Crippen LogP contribution in [0.2, 0.25) is 0 Å². The number of halogens is 1. The van der Waals surface area contributed by atoms with E-state index < -0.39 is 12.1 Å². The van der Waals surface area contributed by atoms with Gasteiger partial charge in [-0.3, -0.25) is 9.59 Å². The minimum absolute atomic E-state index is 0. The molecule has 36 heavy (non-hydrogen) atoms. The van der Waals surface area contributed by atoms with Crippen LogP contribution in [-0.2, 0) is 11.3 Å². The molecule has 0 amide bonds. The lowest BCUT2D eigenvalue weighted by molar-refractivity contribution is -0.557. The van der Waals surface area contributed by atoms with Crippen molar-refractivity contribution in [1.29, 1.82) is 0 Å². The maximum atomic E-state index is 13.8. The lowest BCUT2D eigenvalue weighted by atomic mass is 9.82. The Kier molecular flexibility index (Phi) is 7.82. The van der Waals surface area contributed by atoms with Crippen LogP contribution >= 0.6 is 0 Å². The van der Waals surface area contributed by atoms with E-state index in [1.54, 1.807) is 49.6 Å². The molecule has 5 rings (SSSR count). The van der Waals surface area contributed by atoms with Gasteiger partial charge in [-0.1, -0.05) is 66.7 Å². The van der Waals surface area contributed by atoms with Crippen LogP contribution in [-0.4, -0.2) is 64.3 Å². The summed E-state index contributed by atoms with van der Waals surface area (Å²) in [6.45, 7) is 1.35. The average Bonchev–Trinajstić information content (AvgIpc) is 3.18. The van der Waals surface area contributed by atoms with Crippen LogP contribution in [0.4, 0.5) is 0 Å². The Morgan fingerprint density at radius 1 is 0.917 bits per heavy atom. The van der Waals surface area contributed by atoms with Gasteiger partial charge in [0.15, 0.2) is 0 Å². The summed E-state index contributed by atoms with van der Waals surface area (Å²) in [4.78, 5) is 29.5. The quantitative estimate of drug-likeness (QED) is 0.444. The van der Waals surface area contributed by atoms with Crippen molar-refractivity contribution in [3.8, 4) is 5.75 Å². The molecule has 6 nitrogen and oxygen atoms in total. The van der Waals surface area contributed by atoms with Gasteiger partial charge in [0.05, 0.1) is 6.61 Å². The topological polar surface area (TPSA) is 69.8 Å². The van der Waals surface area contributed by atoms with Crippen molar-refractivity contribution < 1.29 is 41.0 Å². The molecule has 0 aromatic heterocycles. The molecule has 1 aliphatic heterocycles. The highest BCUT2D eigenvalue weighted by Crippen LogP contribution is 2.32. The Balaban J connectivity index is 0.00000304. The molecule has 0 radical (unpaired) electrons. The molecule has 0 bridgehead atoms. The molecule has 0 fully saturated rings. The minimum atomic E-state index is -0.640. The maximum Gasteiger partial charge on any atom is 0.273 e. The Hall–Kier alpha value is -3.55. The average molecular weight is 547 g/mol. The first kappa shape index (κ1) is 25.5. The molecule has 0 spiro atoms. The summed E-state index contributed by atoms with van der Waals surface area (Å²) in [5.41, 5.74) is 2.81. The highest BCUT2D eigenvalue weighted by Gasteiger charge is 2.57. The van der Waals surface area contributed by atoms with Crippen LogP contribution in [0.1, 0.15) is 31.8 Å². The predicted molar refractivity (Wildman–Crippen MR) is 134 cm³/mol. The molecule has 2 unspecified atom stereocenters. The van der Waals surface area contributed by atoms with Crippen LogP contribution in [0, 0.1) is 0 Å². The number of ketones is 2. The SMILES string of the molecule is COCCN1C(/C=C/c2cccc(O)c2)=[N+](Cc2ccccc2)C2C(=O)c3ccccc3C(=O)C21.[Br-]. The van der Waals surface area contributed by atoms with Gasteiger partial charge in [-0.05, 0) is 29.3 Å². The fraction of sp³-hybridized carbons (Fsp3) is 0.207. The van der Waals surface area contributed by atoms with E-state index in [2.05, 4.69) is 0 Å².